The fourth-order valence-electron chi connectivity index (χ4n) is 2.18. The van der Waals surface area contributed by atoms with Gasteiger partial charge in [0.25, 0.3) is 0 Å². The van der Waals surface area contributed by atoms with E-state index in [1.54, 1.807) is 30.4 Å². The molecule has 0 heterocycles. The molecule has 0 aromatic heterocycles. The number of carboxylic acids is 1. The van der Waals surface area contributed by atoms with Crippen LogP contribution in [0, 0.1) is 5.82 Å². The summed E-state index contributed by atoms with van der Waals surface area (Å²) in [5, 5.41) is 9.84. The normalized spacial score (nSPS) is 11.6. The standard InChI is InChI=1S/C19H16ClFO4/c1-24-16-8-4-6-12(18(16)20)5-3-7-14(19(22)23)13-9-10-15(21)17(11-13)25-2/h3-11H,1-2H3,(H,22,23)/b5-3+,14-7-. The fraction of sp³-hybridized carbons (Fsp3) is 0.105. The van der Waals surface area contributed by atoms with Crippen LogP contribution in [0.15, 0.2) is 48.6 Å². The van der Waals surface area contributed by atoms with Gasteiger partial charge in [0.05, 0.1) is 24.8 Å². The highest BCUT2D eigenvalue weighted by Crippen LogP contribution is 2.29. The van der Waals surface area contributed by atoms with Crippen molar-refractivity contribution in [3.8, 4) is 11.5 Å². The molecular formula is C19H16ClFO4. The van der Waals surface area contributed by atoms with Crippen LogP contribution in [-0.4, -0.2) is 25.3 Å². The highest BCUT2D eigenvalue weighted by atomic mass is 35.5. The summed E-state index contributed by atoms with van der Waals surface area (Å²) in [4.78, 5) is 11.5. The molecule has 0 aliphatic rings. The van der Waals surface area contributed by atoms with E-state index in [0.717, 1.165) is 6.07 Å². The quantitative estimate of drug-likeness (QED) is 0.599. The van der Waals surface area contributed by atoms with Crippen LogP contribution in [0.25, 0.3) is 11.6 Å². The molecule has 25 heavy (non-hydrogen) atoms. The summed E-state index contributed by atoms with van der Waals surface area (Å²) in [6.07, 6.45) is 4.62. The number of benzene rings is 2. The number of aliphatic carboxylic acids is 1. The van der Waals surface area contributed by atoms with Crippen molar-refractivity contribution >= 4 is 29.2 Å². The van der Waals surface area contributed by atoms with Gasteiger partial charge in [0, 0.05) is 0 Å². The van der Waals surface area contributed by atoms with Crippen molar-refractivity contribution in [1.82, 2.24) is 0 Å². The van der Waals surface area contributed by atoms with E-state index in [9.17, 15) is 14.3 Å². The fourth-order valence-corrected chi connectivity index (χ4v) is 2.45. The summed E-state index contributed by atoms with van der Waals surface area (Å²) in [7, 11) is 2.83. The largest absolute Gasteiger partial charge is 0.495 e. The summed E-state index contributed by atoms with van der Waals surface area (Å²) >= 11 is 6.19. The van der Waals surface area contributed by atoms with Gasteiger partial charge in [-0.1, -0.05) is 42.0 Å². The zero-order chi connectivity index (χ0) is 18.4. The van der Waals surface area contributed by atoms with Crippen LogP contribution in [0.4, 0.5) is 4.39 Å². The van der Waals surface area contributed by atoms with Gasteiger partial charge in [0.2, 0.25) is 0 Å². The third kappa shape index (κ3) is 4.39. The molecule has 2 aromatic carbocycles. The topological polar surface area (TPSA) is 55.8 Å². The van der Waals surface area contributed by atoms with E-state index in [1.807, 2.05) is 0 Å². The summed E-state index contributed by atoms with van der Waals surface area (Å²) in [5.74, 6) is -1.20. The number of ether oxygens (including phenoxy) is 2. The van der Waals surface area contributed by atoms with E-state index < -0.39 is 11.8 Å². The van der Waals surface area contributed by atoms with Crippen LogP contribution in [-0.2, 0) is 4.79 Å². The lowest BCUT2D eigenvalue weighted by Gasteiger charge is -2.06. The molecule has 0 spiro atoms. The number of carbonyl (C=O) groups is 1. The van der Waals surface area contributed by atoms with Gasteiger partial charge in [0.1, 0.15) is 5.75 Å². The van der Waals surface area contributed by atoms with E-state index in [1.165, 1.54) is 32.4 Å². The Labute approximate surface area is 149 Å². The van der Waals surface area contributed by atoms with Gasteiger partial charge in [0.15, 0.2) is 11.6 Å². The Hall–Kier alpha value is -2.79. The number of carboxylic acid groups (broad SMARTS) is 1. The molecule has 0 aliphatic carbocycles. The average Bonchev–Trinajstić information content (AvgIpc) is 2.60. The van der Waals surface area contributed by atoms with Crippen molar-refractivity contribution < 1.29 is 23.8 Å². The molecule has 6 heteroatoms. The highest BCUT2D eigenvalue weighted by Gasteiger charge is 2.12. The maximum Gasteiger partial charge on any atom is 0.336 e. The molecule has 0 amide bonds. The molecule has 4 nitrogen and oxygen atoms in total. The van der Waals surface area contributed by atoms with Crippen molar-refractivity contribution in [1.29, 1.82) is 0 Å². The second-order valence-electron chi connectivity index (χ2n) is 4.96. The Bertz CT molecular complexity index is 843. The van der Waals surface area contributed by atoms with Crippen molar-refractivity contribution in [3.05, 3.63) is 70.5 Å². The molecule has 0 saturated heterocycles. The second-order valence-corrected chi connectivity index (χ2v) is 5.34. The number of hydrogen-bond acceptors (Lipinski definition) is 3. The Kier molecular flexibility index (Phi) is 6.19. The summed E-state index contributed by atoms with van der Waals surface area (Å²) in [6, 6.07) is 9.15. The van der Waals surface area contributed by atoms with E-state index in [4.69, 9.17) is 21.1 Å². The minimum Gasteiger partial charge on any atom is -0.495 e. The smallest absolute Gasteiger partial charge is 0.336 e. The van der Waals surface area contributed by atoms with E-state index in [-0.39, 0.29) is 11.3 Å². The van der Waals surface area contributed by atoms with Gasteiger partial charge in [-0.2, -0.15) is 0 Å². The summed E-state index contributed by atoms with van der Waals surface area (Å²) in [5.41, 5.74) is 0.999. The molecule has 0 atom stereocenters. The predicted molar refractivity (Wildman–Crippen MR) is 95.6 cm³/mol. The molecule has 1 N–H and O–H groups in total. The number of allylic oxidation sites excluding steroid dienone is 2. The molecule has 0 aliphatic heterocycles. The van der Waals surface area contributed by atoms with Gasteiger partial charge >= 0.3 is 5.97 Å². The minimum absolute atomic E-state index is 0.00596. The zero-order valence-electron chi connectivity index (χ0n) is 13.6. The first-order chi connectivity index (χ1) is 12.0. The summed E-state index contributed by atoms with van der Waals surface area (Å²) in [6.45, 7) is 0. The Morgan fingerprint density at radius 2 is 1.88 bits per heavy atom. The number of rotatable bonds is 6. The molecular weight excluding hydrogens is 347 g/mol. The van der Waals surface area contributed by atoms with Gasteiger partial charge in [-0.05, 0) is 35.4 Å². The Morgan fingerprint density at radius 1 is 1.16 bits per heavy atom. The van der Waals surface area contributed by atoms with Crippen molar-refractivity contribution in [2.75, 3.05) is 14.2 Å². The maximum absolute atomic E-state index is 13.5. The lowest BCUT2D eigenvalue weighted by Crippen LogP contribution is -2.00. The van der Waals surface area contributed by atoms with Gasteiger partial charge in [-0.15, -0.1) is 0 Å². The SMILES string of the molecule is COc1cc(/C(=C/C=C/c2cccc(OC)c2Cl)C(=O)O)ccc1F. The molecule has 0 fully saturated rings. The number of methoxy groups -OCH3 is 2. The number of halogens is 2. The van der Waals surface area contributed by atoms with Crippen LogP contribution < -0.4 is 9.47 Å². The van der Waals surface area contributed by atoms with Crippen LogP contribution in [0.3, 0.4) is 0 Å². The van der Waals surface area contributed by atoms with Gasteiger partial charge < -0.3 is 14.6 Å². The van der Waals surface area contributed by atoms with Crippen LogP contribution in [0.1, 0.15) is 11.1 Å². The van der Waals surface area contributed by atoms with Crippen molar-refractivity contribution in [2.45, 2.75) is 0 Å². The van der Waals surface area contributed by atoms with Crippen LogP contribution in [0.5, 0.6) is 11.5 Å². The first-order valence-corrected chi connectivity index (χ1v) is 7.63. The Morgan fingerprint density at radius 3 is 2.52 bits per heavy atom. The minimum atomic E-state index is -1.14. The molecule has 0 radical (unpaired) electrons. The van der Waals surface area contributed by atoms with Crippen molar-refractivity contribution in [3.63, 3.8) is 0 Å². The molecule has 0 unspecified atom stereocenters. The highest BCUT2D eigenvalue weighted by molar-refractivity contribution is 6.33. The third-order valence-electron chi connectivity index (χ3n) is 3.44. The molecule has 0 saturated carbocycles. The predicted octanol–water partition coefficient (Wildman–Crippen LogP) is 4.68. The van der Waals surface area contributed by atoms with Gasteiger partial charge in [-0.3, -0.25) is 0 Å². The maximum atomic E-state index is 13.5. The van der Waals surface area contributed by atoms with Crippen molar-refractivity contribution in [2.24, 2.45) is 0 Å². The second kappa shape index (κ2) is 8.35. The van der Waals surface area contributed by atoms with E-state index in [2.05, 4.69) is 0 Å². The van der Waals surface area contributed by atoms with Crippen LogP contribution >= 0.6 is 11.6 Å². The van der Waals surface area contributed by atoms with Gasteiger partial charge in [-0.25, -0.2) is 9.18 Å². The average molecular weight is 363 g/mol. The molecule has 2 aromatic rings. The lowest BCUT2D eigenvalue weighted by molar-refractivity contribution is -0.130. The summed E-state index contributed by atoms with van der Waals surface area (Å²) < 4.78 is 23.5. The monoisotopic (exact) mass is 362 g/mol. The molecule has 130 valence electrons. The number of hydrogen-bond donors (Lipinski definition) is 1. The van der Waals surface area contributed by atoms with E-state index in [0.29, 0.717) is 21.9 Å². The first-order valence-electron chi connectivity index (χ1n) is 7.26. The first kappa shape index (κ1) is 18.5. The van der Waals surface area contributed by atoms with Crippen LogP contribution in [0.2, 0.25) is 5.02 Å². The lowest BCUT2D eigenvalue weighted by atomic mass is 10.0. The third-order valence-corrected chi connectivity index (χ3v) is 3.85. The molecule has 0 bridgehead atoms. The zero-order valence-corrected chi connectivity index (χ0v) is 14.4. The van der Waals surface area contributed by atoms with E-state index >= 15 is 0 Å². The molecule has 2 rings (SSSR count). The Balaban J connectivity index is 2.37.